The largest absolute Gasteiger partial charge is 0.484 e. The third-order valence-corrected chi connectivity index (χ3v) is 3.76. The molecular formula is C18H19N3O. The Morgan fingerprint density at radius 2 is 1.95 bits per heavy atom. The number of nitrogens with two attached hydrogens (primary N) is 1. The molecule has 1 aliphatic rings. The van der Waals surface area contributed by atoms with Crippen LogP contribution in [0.15, 0.2) is 42.5 Å². The van der Waals surface area contributed by atoms with Crippen LogP contribution >= 0.6 is 0 Å². The topological polar surface area (TPSA) is 62.3 Å². The van der Waals surface area contributed by atoms with Crippen LogP contribution in [-0.4, -0.2) is 12.1 Å². The number of para-hydroxylation sites is 1. The Kier molecular flexibility index (Phi) is 3.42. The van der Waals surface area contributed by atoms with Crippen molar-refractivity contribution in [3.8, 4) is 11.8 Å². The van der Waals surface area contributed by atoms with Gasteiger partial charge in [0.1, 0.15) is 17.0 Å². The van der Waals surface area contributed by atoms with Crippen LogP contribution in [0.5, 0.6) is 5.75 Å². The van der Waals surface area contributed by atoms with Gasteiger partial charge in [-0.3, -0.25) is 0 Å². The maximum atomic E-state index is 8.89. The average Bonchev–Trinajstić information content (AvgIpc) is 2.46. The molecular weight excluding hydrogens is 274 g/mol. The van der Waals surface area contributed by atoms with Crippen molar-refractivity contribution in [2.24, 2.45) is 0 Å². The van der Waals surface area contributed by atoms with Crippen LogP contribution in [0.4, 0.5) is 11.4 Å². The van der Waals surface area contributed by atoms with Crippen LogP contribution in [0, 0.1) is 11.3 Å². The first-order valence-corrected chi connectivity index (χ1v) is 7.30. The molecule has 0 aromatic heterocycles. The number of nitrogens with zero attached hydrogens (tertiary/aromatic N) is 2. The lowest BCUT2D eigenvalue weighted by Gasteiger charge is -2.41. The van der Waals surface area contributed by atoms with E-state index in [0.717, 1.165) is 35.8 Å². The Morgan fingerprint density at radius 3 is 2.64 bits per heavy atom. The van der Waals surface area contributed by atoms with Crippen LogP contribution < -0.4 is 15.4 Å². The number of hydrogen-bond donors (Lipinski definition) is 1. The van der Waals surface area contributed by atoms with Gasteiger partial charge in [-0.2, -0.15) is 5.26 Å². The monoisotopic (exact) mass is 293 g/mol. The Bertz CT molecular complexity index is 729. The van der Waals surface area contributed by atoms with E-state index in [-0.39, 0.29) is 5.60 Å². The molecule has 0 bridgehead atoms. The van der Waals surface area contributed by atoms with Crippen molar-refractivity contribution in [3.63, 3.8) is 0 Å². The molecule has 0 fully saturated rings. The second-order valence-electron chi connectivity index (χ2n) is 6.22. The molecule has 0 saturated carbocycles. The summed E-state index contributed by atoms with van der Waals surface area (Å²) in [5.74, 6) is 0.824. The average molecular weight is 293 g/mol. The van der Waals surface area contributed by atoms with Crippen LogP contribution in [-0.2, 0) is 6.54 Å². The zero-order valence-corrected chi connectivity index (χ0v) is 12.8. The normalized spacial score (nSPS) is 15.6. The minimum Gasteiger partial charge on any atom is -0.484 e. The Morgan fingerprint density at radius 1 is 1.23 bits per heavy atom. The minimum absolute atomic E-state index is 0.270. The molecule has 0 aliphatic carbocycles. The quantitative estimate of drug-likeness (QED) is 0.863. The fourth-order valence-electron chi connectivity index (χ4n) is 2.87. The standard InChI is InChI=1S/C18H19N3O/c1-18(2)12-21(11-14-8-6-13(10-19)7-9-14)17-15(20)4-3-5-16(17)22-18/h3-9H,11-12,20H2,1-2H3. The molecule has 1 aliphatic heterocycles. The van der Waals surface area contributed by atoms with Gasteiger partial charge in [0.2, 0.25) is 0 Å². The summed E-state index contributed by atoms with van der Waals surface area (Å²) in [4.78, 5) is 2.25. The molecule has 0 atom stereocenters. The maximum Gasteiger partial charge on any atom is 0.145 e. The van der Waals surface area contributed by atoms with Gasteiger partial charge < -0.3 is 15.4 Å². The van der Waals surface area contributed by atoms with E-state index in [2.05, 4.69) is 24.8 Å². The Hall–Kier alpha value is -2.67. The minimum atomic E-state index is -0.270. The van der Waals surface area contributed by atoms with E-state index in [0.29, 0.717) is 5.56 Å². The highest BCUT2D eigenvalue weighted by Gasteiger charge is 2.32. The predicted molar refractivity (Wildman–Crippen MR) is 87.8 cm³/mol. The van der Waals surface area contributed by atoms with Crippen molar-refractivity contribution in [3.05, 3.63) is 53.6 Å². The fourth-order valence-corrected chi connectivity index (χ4v) is 2.87. The van der Waals surface area contributed by atoms with Crippen LogP contribution in [0.2, 0.25) is 0 Å². The number of nitriles is 1. The summed E-state index contributed by atoms with van der Waals surface area (Å²) in [5, 5.41) is 8.89. The summed E-state index contributed by atoms with van der Waals surface area (Å²) >= 11 is 0. The summed E-state index contributed by atoms with van der Waals surface area (Å²) in [5.41, 5.74) is 9.37. The predicted octanol–water partition coefficient (Wildman–Crippen LogP) is 3.32. The van der Waals surface area contributed by atoms with E-state index in [1.54, 1.807) is 0 Å². The number of rotatable bonds is 2. The number of fused-ring (bicyclic) bond motifs is 1. The van der Waals surface area contributed by atoms with Crippen molar-refractivity contribution in [1.82, 2.24) is 0 Å². The molecule has 0 radical (unpaired) electrons. The third kappa shape index (κ3) is 2.71. The molecule has 0 spiro atoms. The zero-order chi connectivity index (χ0) is 15.7. The lowest BCUT2D eigenvalue weighted by molar-refractivity contribution is 0.105. The molecule has 4 nitrogen and oxygen atoms in total. The van der Waals surface area contributed by atoms with E-state index < -0.39 is 0 Å². The molecule has 2 N–H and O–H groups in total. The first kappa shape index (κ1) is 14.3. The van der Waals surface area contributed by atoms with Gasteiger partial charge in [-0.1, -0.05) is 18.2 Å². The third-order valence-electron chi connectivity index (χ3n) is 3.76. The molecule has 3 rings (SSSR count). The Labute approximate surface area is 130 Å². The molecule has 0 saturated heterocycles. The van der Waals surface area contributed by atoms with Gasteiger partial charge in [0, 0.05) is 6.54 Å². The van der Waals surface area contributed by atoms with Gasteiger partial charge in [-0.25, -0.2) is 0 Å². The summed E-state index contributed by atoms with van der Waals surface area (Å²) in [6.45, 7) is 5.64. The molecule has 112 valence electrons. The van der Waals surface area contributed by atoms with Gasteiger partial charge in [0.15, 0.2) is 0 Å². The van der Waals surface area contributed by atoms with E-state index in [9.17, 15) is 0 Å². The van der Waals surface area contributed by atoms with E-state index in [1.165, 1.54) is 0 Å². The number of anilines is 2. The van der Waals surface area contributed by atoms with Crippen LogP contribution in [0.25, 0.3) is 0 Å². The van der Waals surface area contributed by atoms with E-state index in [4.69, 9.17) is 15.7 Å². The molecule has 2 aromatic rings. The van der Waals surface area contributed by atoms with Gasteiger partial charge in [-0.15, -0.1) is 0 Å². The van der Waals surface area contributed by atoms with Crippen molar-refractivity contribution in [1.29, 1.82) is 5.26 Å². The number of benzene rings is 2. The summed E-state index contributed by atoms with van der Waals surface area (Å²) in [7, 11) is 0. The fraction of sp³-hybridized carbons (Fsp3) is 0.278. The second kappa shape index (κ2) is 5.27. The molecule has 2 aromatic carbocycles. The lowest BCUT2D eigenvalue weighted by Crippen LogP contribution is -2.46. The summed E-state index contributed by atoms with van der Waals surface area (Å²) < 4.78 is 6.04. The van der Waals surface area contributed by atoms with Crippen molar-refractivity contribution in [2.75, 3.05) is 17.2 Å². The first-order valence-electron chi connectivity index (χ1n) is 7.30. The highest BCUT2D eigenvalue weighted by atomic mass is 16.5. The van der Waals surface area contributed by atoms with Gasteiger partial charge in [0.25, 0.3) is 0 Å². The van der Waals surface area contributed by atoms with E-state index in [1.807, 2.05) is 42.5 Å². The van der Waals surface area contributed by atoms with Gasteiger partial charge >= 0.3 is 0 Å². The molecule has 0 amide bonds. The van der Waals surface area contributed by atoms with Gasteiger partial charge in [-0.05, 0) is 43.7 Å². The van der Waals surface area contributed by atoms with Crippen molar-refractivity contribution in [2.45, 2.75) is 26.0 Å². The Balaban J connectivity index is 1.94. The summed E-state index contributed by atoms with van der Waals surface area (Å²) in [6, 6.07) is 15.6. The zero-order valence-electron chi connectivity index (χ0n) is 12.8. The maximum absolute atomic E-state index is 8.89. The van der Waals surface area contributed by atoms with Crippen LogP contribution in [0.1, 0.15) is 25.0 Å². The number of hydrogen-bond acceptors (Lipinski definition) is 4. The first-order chi connectivity index (χ1) is 10.5. The highest BCUT2D eigenvalue weighted by Crippen LogP contribution is 2.41. The van der Waals surface area contributed by atoms with Crippen molar-refractivity contribution < 1.29 is 4.74 Å². The lowest BCUT2D eigenvalue weighted by atomic mass is 10.0. The van der Waals surface area contributed by atoms with E-state index >= 15 is 0 Å². The molecule has 1 heterocycles. The SMILES string of the molecule is CC1(C)CN(Cc2ccc(C#N)cc2)c2c(N)cccc2O1. The smallest absolute Gasteiger partial charge is 0.145 e. The molecule has 0 unspecified atom stereocenters. The molecule has 4 heteroatoms. The number of ether oxygens (including phenoxy) is 1. The second-order valence-corrected chi connectivity index (χ2v) is 6.22. The summed E-state index contributed by atoms with van der Waals surface area (Å²) in [6.07, 6.45) is 0. The van der Waals surface area contributed by atoms with Gasteiger partial charge in [0.05, 0.1) is 23.9 Å². The van der Waals surface area contributed by atoms with Crippen LogP contribution in [0.3, 0.4) is 0 Å². The highest BCUT2D eigenvalue weighted by molar-refractivity contribution is 5.76. The van der Waals surface area contributed by atoms with Crippen molar-refractivity contribution >= 4 is 11.4 Å². The molecule has 22 heavy (non-hydrogen) atoms. The number of nitrogen functional groups attached to an aromatic ring is 1.